The van der Waals surface area contributed by atoms with E-state index < -0.39 is 0 Å². The molecule has 0 saturated heterocycles. The lowest BCUT2D eigenvalue weighted by Crippen LogP contribution is -2.00. The average molecular weight is 188 g/mol. The third kappa shape index (κ3) is 10.7. The largest absolute Gasteiger partial charge is 0.469 e. The van der Waals surface area contributed by atoms with E-state index in [1.165, 1.54) is 21.1 Å². The zero-order valence-electron chi connectivity index (χ0n) is 8.71. The van der Waals surface area contributed by atoms with Crippen LogP contribution in [0.4, 0.5) is 0 Å². The first-order chi connectivity index (χ1) is 5.99. The molecule has 4 heteroatoms. The molecule has 0 saturated carbocycles. The average Bonchev–Trinajstić information content (AvgIpc) is 2.16. The quantitative estimate of drug-likeness (QED) is 0.460. The Morgan fingerprint density at radius 1 is 1.08 bits per heavy atom. The van der Waals surface area contributed by atoms with Crippen LogP contribution in [0.15, 0.2) is 11.6 Å². The van der Waals surface area contributed by atoms with Gasteiger partial charge in [0.15, 0.2) is 0 Å². The van der Waals surface area contributed by atoms with Crippen molar-refractivity contribution in [3.8, 4) is 0 Å². The fourth-order valence-corrected chi connectivity index (χ4v) is 0.279. The van der Waals surface area contributed by atoms with Crippen LogP contribution >= 0.6 is 0 Å². The fourth-order valence-electron chi connectivity index (χ4n) is 0.279. The lowest BCUT2D eigenvalue weighted by Gasteiger charge is -1.93. The van der Waals surface area contributed by atoms with Crippen molar-refractivity contribution in [1.82, 2.24) is 0 Å². The maximum Gasteiger partial charge on any atom is 0.333 e. The molecule has 0 heterocycles. The molecule has 4 nitrogen and oxygen atoms in total. The molecule has 0 atom stereocenters. The van der Waals surface area contributed by atoms with Gasteiger partial charge in [-0.2, -0.15) is 0 Å². The molecular formula is C9H16O4. The normalized spacial score (nSPS) is 9.46. The van der Waals surface area contributed by atoms with Crippen LogP contribution in [0.2, 0.25) is 0 Å². The second-order valence-corrected chi connectivity index (χ2v) is 2.16. The molecule has 0 spiro atoms. The highest BCUT2D eigenvalue weighted by Crippen LogP contribution is 1.92. The van der Waals surface area contributed by atoms with Gasteiger partial charge in [0.05, 0.1) is 14.2 Å². The van der Waals surface area contributed by atoms with Crippen LogP contribution in [-0.2, 0) is 19.1 Å². The topological polar surface area (TPSA) is 52.6 Å². The summed E-state index contributed by atoms with van der Waals surface area (Å²) in [5.74, 6) is -0.502. The Labute approximate surface area is 78.5 Å². The third-order valence-corrected chi connectivity index (χ3v) is 1.23. The molecule has 0 aliphatic rings. The van der Waals surface area contributed by atoms with Crippen LogP contribution in [0.25, 0.3) is 0 Å². The summed E-state index contributed by atoms with van der Waals surface area (Å²) in [5.41, 5.74) is 0.646. The highest BCUT2D eigenvalue weighted by Gasteiger charge is 1.98. The first kappa shape index (κ1) is 14.2. The molecule has 0 radical (unpaired) electrons. The minimum atomic E-state index is -0.257. The molecule has 0 N–H and O–H groups in total. The molecule has 0 aliphatic heterocycles. The Kier molecular flexibility index (Phi) is 9.60. The number of allylic oxidation sites excluding steroid dienone is 1. The first-order valence-electron chi connectivity index (χ1n) is 3.75. The van der Waals surface area contributed by atoms with E-state index in [2.05, 4.69) is 9.47 Å². The molecule has 0 amide bonds. The molecule has 0 aliphatic carbocycles. The zero-order valence-corrected chi connectivity index (χ0v) is 8.71. The summed E-state index contributed by atoms with van der Waals surface area (Å²) in [6.07, 6.45) is 1.71. The van der Waals surface area contributed by atoms with Crippen molar-refractivity contribution in [2.75, 3.05) is 14.2 Å². The number of carbonyl (C=O) groups is 2. The Bertz CT molecular complexity index is 194. The molecule has 0 unspecified atom stereocenters. The number of hydrogen-bond acceptors (Lipinski definition) is 4. The number of esters is 2. The van der Waals surface area contributed by atoms with Crippen molar-refractivity contribution in [3.63, 3.8) is 0 Å². The number of ether oxygens (including phenoxy) is 2. The van der Waals surface area contributed by atoms with E-state index in [1.807, 2.05) is 0 Å². The van der Waals surface area contributed by atoms with E-state index in [9.17, 15) is 9.59 Å². The molecule has 0 aromatic carbocycles. The molecule has 0 fully saturated rings. The minimum absolute atomic E-state index is 0.245. The van der Waals surface area contributed by atoms with Crippen molar-refractivity contribution in [1.29, 1.82) is 0 Å². The van der Waals surface area contributed by atoms with Crippen LogP contribution in [0.3, 0.4) is 0 Å². The van der Waals surface area contributed by atoms with E-state index in [1.54, 1.807) is 19.9 Å². The summed E-state index contributed by atoms with van der Waals surface area (Å²) >= 11 is 0. The van der Waals surface area contributed by atoms with Gasteiger partial charge in [0.25, 0.3) is 0 Å². The molecule has 76 valence electrons. The number of hydrogen-bond donors (Lipinski definition) is 0. The van der Waals surface area contributed by atoms with Gasteiger partial charge in [-0.15, -0.1) is 0 Å². The van der Waals surface area contributed by atoms with Crippen LogP contribution in [0.5, 0.6) is 0 Å². The number of carbonyl (C=O) groups excluding carboxylic acids is 2. The third-order valence-electron chi connectivity index (χ3n) is 1.23. The van der Waals surface area contributed by atoms with Crippen LogP contribution in [0.1, 0.15) is 20.8 Å². The SMILES string of the molecule is C/C=C(/C)C(=O)OC.COC(C)=O. The van der Waals surface area contributed by atoms with E-state index in [4.69, 9.17) is 0 Å². The number of rotatable bonds is 1. The summed E-state index contributed by atoms with van der Waals surface area (Å²) in [5, 5.41) is 0. The summed E-state index contributed by atoms with van der Waals surface area (Å²) < 4.78 is 8.51. The van der Waals surface area contributed by atoms with Gasteiger partial charge in [-0.1, -0.05) is 6.08 Å². The lowest BCUT2D eigenvalue weighted by molar-refractivity contribution is -0.138. The van der Waals surface area contributed by atoms with Crippen LogP contribution < -0.4 is 0 Å². The van der Waals surface area contributed by atoms with Gasteiger partial charge < -0.3 is 9.47 Å². The summed E-state index contributed by atoms with van der Waals surface area (Å²) in [6, 6.07) is 0. The molecule has 0 aromatic rings. The van der Waals surface area contributed by atoms with Gasteiger partial charge in [0.2, 0.25) is 0 Å². The smallest absolute Gasteiger partial charge is 0.333 e. The van der Waals surface area contributed by atoms with Crippen molar-refractivity contribution < 1.29 is 19.1 Å². The predicted octanol–water partition coefficient (Wildman–Crippen LogP) is 1.30. The summed E-state index contributed by atoms with van der Waals surface area (Å²) in [6.45, 7) is 4.87. The van der Waals surface area contributed by atoms with E-state index in [0.29, 0.717) is 5.57 Å². The van der Waals surface area contributed by atoms with Crippen LogP contribution in [0, 0.1) is 0 Å². The maximum absolute atomic E-state index is 10.5. The van der Waals surface area contributed by atoms with Crippen LogP contribution in [-0.4, -0.2) is 26.2 Å². The fraction of sp³-hybridized carbons (Fsp3) is 0.556. The molecule has 0 aromatic heterocycles. The van der Waals surface area contributed by atoms with Gasteiger partial charge in [0, 0.05) is 12.5 Å². The standard InChI is InChI=1S/C6H10O2.C3H6O2/c1-4-5(2)6(7)8-3;1-3(4)5-2/h4H,1-3H3;1-2H3/b5-4-;. The Morgan fingerprint density at radius 3 is 1.54 bits per heavy atom. The predicted molar refractivity (Wildman–Crippen MR) is 49.1 cm³/mol. The molecule has 0 bridgehead atoms. The summed E-state index contributed by atoms with van der Waals surface area (Å²) in [7, 11) is 2.72. The highest BCUT2D eigenvalue weighted by atomic mass is 16.5. The van der Waals surface area contributed by atoms with Gasteiger partial charge in [-0.05, 0) is 13.8 Å². The van der Waals surface area contributed by atoms with E-state index in [0.717, 1.165) is 0 Å². The van der Waals surface area contributed by atoms with Crippen molar-refractivity contribution >= 4 is 11.9 Å². The van der Waals surface area contributed by atoms with Gasteiger partial charge in [0.1, 0.15) is 0 Å². The van der Waals surface area contributed by atoms with E-state index >= 15 is 0 Å². The van der Waals surface area contributed by atoms with Gasteiger partial charge in [-0.3, -0.25) is 4.79 Å². The monoisotopic (exact) mass is 188 g/mol. The number of methoxy groups -OCH3 is 2. The van der Waals surface area contributed by atoms with Crippen molar-refractivity contribution in [3.05, 3.63) is 11.6 Å². The Morgan fingerprint density at radius 2 is 1.46 bits per heavy atom. The first-order valence-corrected chi connectivity index (χ1v) is 3.75. The van der Waals surface area contributed by atoms with Gasteiger partial charge in [-0.25, -0.2) is 4.79 Å². The van der Waals surface area contributed by atoms with Crippen molar-refractivity contribution in [2.24, 2.45) is 0 Å². The van der Waals surface area contributed by atoms with E-state index in [-0.39, 0.29) is 11.9 Å². The lowest BCUT2D eigenvalue weighted by atomic mass is 10.3. The Balaban J connectivity index is 0. The minimum Gasteiger partial charge on any atom is -0.469 e. The molecule has 0 rings (SSSR count). The Hall–Kier alpha value is -1.32. The zero-order chi connectivity index (χ0) is 10.9. The molecular weight excluding hydrogens is 172 g/mol. The van der Waals surface area contributed by atoms with Crippen molar-refractivity contribution in [2.45, 2.75) is 20.8 Å². The maximum atomic E-state index is 10.5. The second-order valence-electron chi connectivity index (χ2n) is 2.16. The second kappa shape index (κ2) is 8.77. The molecule has 13 heavy (non-hydrogen) atoms. The highest BCUT2D eigenvalue weighted by molar-refractivity contribution is 5.87. The van der Waals surface area contributed by atoms with Gasteiger partial charge >= 0.3 is 11.9 Å². The summed E-state index contributed by atoms with van der Waals surface area (Å²) in [4.78, 5) is 20.0.